The lowest BCUT2D eigenvalue weighted by molar-refractivity contribution is -0.139. The largest absolute Gasteiger partial charge is 0.348 e. The van der Waals surface area contributed by atoms with Gasteiger partial charge >= 0.3 is 0 Å². The fourth-order valence-corrected chi connectivity index (χ4v) is 1.89. The third-order valence-electron chi connectivity index (χ3n) is 2.44. The van der Waals surface area contributed by atoms with Crippen LogP contribution in [0.4, 0.5) is 0 Å². The van der Waals surface area contributed by atoms with Crippen molar-refractivity contribution in [3.63, 3.8) is 0 Å². The molecule has 0 fully saturated rings. The quantitative estimate of drug-likeness (QED) is 0.635. The van der Waals surface area contributed by atoms with Crippen molar-refractivity contribution >= 4 is 5.91 Å². The van der Waals surface area contributed by atoms with E-state index in [0.717, 1.165) is 6.42 Å². The van der Waals surface area contributed by atoms with Crippen LogP contribution < -0.4 is 0 Å². The summed E-state index contributed by atoms with van der Waals surface area (Å²) in [5, 5.41) is 0. The van der Waals surface area contributed by atoms with E-state index in [9.17, 15) is 4.79 Å². The summed E-state index contributed by atoms with van der Waals surface area (Å²) in [7, 11) is 3.59. The topological polar surface area (TPSA) is 20.3 Å². The molecule has 0 unspecified atom stereocenters. The lowest BCUT2D eigenvalue weighted by Gasteiger charge is -2.33. The number of nitrogens with zero attached hydrogens (tertiary/aromatic N) is 1. The summed E-state index contributed by atoms with van der Waals surface area (Å²) < 4.78 is 0. The Labute approximate surface area is 88.0 Å². The Morgan fingerprint density at radius 1 is 1.29 bits per heavy atom. The van der Waals surface area contributed by atoms with Gasteiger partial charge in [0.1, 0.15) is 0 Å². The highest BCUT2D eigenvalue weighted by molar-refractivity contribution is 5.81. The molecule has 0 radical (unpaired) electrons. The second-order valence-electron chi connectivity index (χ2n) is 5.45. The van der Waals surface area contributed by atoms with Crippen LogP contribution in [0, 0.1) is 10.8 Å². The standard InChI is InChI=1S/C12H23NO/c1-8-11(2,3)9-12(4,5)10(14)13(6)7/h8H,1,9H2,2-7H3. The first-order valence-electron chi connectivity index (χ1n) is 4.98. The molecule has 0 saturated heterocycles. The van der Waals surface area contributed by atoms with Gasteiger partial charge in [0.15, 0.2) is 0 Å². The SMILES string of the molecule is C=CC(C)(C)CC(C)(C)C(=O)N(C)C. The zero-order valence-electron chi connectivity index (χ0n) is 10.3. The fourth-order valence-electron chi connectivity index (χ4n) is 1.89. The average molecular weight is 197 g/mol. The third-order valence-corrected chi connectivity index (χ3v) is 2.44. The number of hydrogen-bond donors (Lipinski definition) is 0. The summed E-state index contributed by atoms with van der Waals surface area (Å²) >= 11 is 0. The van der Waals surface area contributed by atoms with E-state index in [1.807, 2.05) is 19.9 Å². The molecule has 0 spiro atoms. The van der Waals surface area contributed by atoms with Gasteiger partial charge in [0.05, 0.1) is 0 Å². The van der Waals surface area contributed by atoms with Gasteiger partial charge in [0.2, 0.25) is 5.91 Å². The monoisotopic (exact) mass is 197 g/mol. The maximum absolute atomic E-state index is 11.8. The lowest BCUT2D eigenvalue weighted by atomic mass is 9.74. The van der Waals surface area contributed by atoms with Crippen LogP contribution in [0.1, 0.15) is 34.1 Å². The third kappa shape index (κ3) is 3.52. The summed E-state index contributed by atoms with van der Waals surface area (Å²) in [5.41, 5.74) is -0.309. The van der Waals surface area contributed by atoms with Crippen LogP contribution in [0.5, 0.6) is 0 Å². The predicted octanol–water partition coefficient (Wildman–Crippen LogP) is 2.70. The number of carbonyl (C=O) groups excluding carboxylic acids is 1. The van der Waals surface area contributed by atoms with E-state index in [-0.39, 0.29) is 16.7 Å². The number of hydrogen-bond acceptors (Lipinski definition) is 1. The van der Waals surface area contributed by atoms with E-state index < -0.39 is 0 Å². The zero-order valence-corrected chi connectivity index (χ0v) is 10.3. The van der Waals surface area contributed by atoms with Crippen molar-refractivity contribution in [2.45, 2.75) is 34.1 Å². The van der Waals surface area contributed by atoms with Crippen LogP contribution in [-0.4, -0.2) is 24.9 Å². The maximum Gasteiger partial charge on any atom is 0.227 e. The van der Waals surface area contributed by atoms with E-state index in [2.05, 4.69) is 20.4 Å². The van der Waals surface area contributed by atoms with Gasteiger partial charge in [0, 0.05) is 19.5 Å². The Hall–Kier alpha value is -0.790. The molecule has 2 nitrogen and oxygen atoms in total. The molecule has 1 amide bonds. The van der Waals surface area contributed by atoms with Crippen LogP contribution in [-0.2, 0) is 4.79 Å². The van der Waals surface area contributed by atoms with Gasteiger partial charge < -0.3 is 4.90 Å². The molecule has 0 aliphatic carbocycles. The van der Waals surface area contributed by atoms with Crippen LogP contribution in [0.3, 0.4) is 0 Å². The second-order valence-corrected chi connectivity index (χ2v) is 5.45. The summed E-state index contributed by atoms with van der Waals surface area (Å²) in [6.45, 7) is 12.0. The number of rotatable bonds is 4. The number of carbonyl (C=O) groups is 1. The van der Waals surface area contributed by atoms with Crippen LogP contribution in [0.15, 0.2) is 12.7 Å². The first-order chi connectivity index (χ1) is 6.12. The molecule has 14 heavy (non-hydrogen) atoms. The predicted molar refractivity (Wildman–Crippen MR) is 61.1 cm³/mol. The maximum atomic E-state index is 11.8. The highest BCUT2D eigenvalue weighted by Crippen LogP contribution is 2.35. The molecular weight excluding hydrogens is 174 g/mol. The first kappa shape index (κ1) is 13.2. The Morgan fingerprint density at radius 3 is 2.00 bits per heavy atom. The van der Waals surface area contributed by atoms with E-state index >= 15 is 0 Å². The van der Waals surface area contributed by atoms with Gasteiger partial charge in [-0.1, -0.05) is 33.8 Å². The summed E-state index contributed by atoms with van der Waals surface area (Å²) in [5.74, 6) is 0.174. The van der Waals surface area contributed by atoms with Crippen molar-refractivity contribution in [3.8, 4) is 0 Å². The van der Waals surface area contributed by atoms with Crippen LogP contribution in [0.2, 0.25) is 0 Å². The molecule has 0 rings (SSSR count). The number of allylic oxidation sites excluding steroid dienone is 1. The van der Waals surface area contributed by atoms with Crippen molar-refractivity contribution in [1.29, 1.82) is 0 Å². The summed E-state index contributed by atoms with van der Waals surface area (Å²) in [6, 6.07) is 0. The van der Waals surface area contributed by atoms with Crippen molar-refractivity contribution in [2.24, 2.45) is 10.8 Å². The molecule has 0 atom stereocenters. The van der Waals surface area contributed by atoms with Gasteiger partial charge in [0.25, 0.3) is 0 Å². The Kier molecular flexibility index (Phi) is 3.92. The summed E-state index contributed by atoms with van der Waals surface area (Å²) in [4.78, 5) is 13.5. The van der Waals surface area contributed by atoms with Crippen LogP contribution >= 0.6 is 0 Å². The molecule has 0 bridgehead atoms. The molecule has 82 valence electrons. The van der Waals surface area contributed by atoms with E-state index in [4.69, 9.17) is 0 Å². The van der Waals surface area contributed by atoms with E-state index in [1.54, 1.807) is 19.0 Å². The molecule has 0 saturated carbocycles. The minimum absolute atomic E-state index is 0.00910. The summed E-state index contributed by atoms with van der Waals surface area (Å²) in [6.07, 6.45) is 2.73. The highest BCUT2D eigenvalue weighted by atomic mass is 16.2. The van der Waals surface area contributed by atoms with Crippen molar-refractivity contribution in [2.75, 3.05) is 14.1 Å². The fraction of sp³-hybridized carbons (Fsp3) is 0.750. The van der Waals surface area contributed by atoms with Gasteiger partial charge in [-0.15, -0.1) is 6.58 Å². The Bertz CT molecular complexity index is 226. The normalized spacial score (nSPS) is 12.4. The zero-order chi connectivity index (χ0) is 11.6. The molecule has 0 N–H and O–H groups in total. The molecule has 0 aliphatic rings. The first-order valence-corrected chi connectivity index (χ1v) is 4.98. The minimum atomic E-state index is -0.318. The Balaban J connectivity index is 4.64. The van der Waals surface area contributed by atoms with Crippen molar-refractivity contribution < 1.29 is 4.79 Å². The number of amides is 1. The smallest absolute Gasteiger partial charge is 0.227 e. The van der Waals surface area contributed by atoms with Gasteiger partial charge in [-0.3, -0.25) is 4.79 Å². The molecule has 2 heteroatoms. The molecule has 0 aliphatic heterocycles. The molecule has 0 aromatic carbocycles. The van der Waals surface area contributed by atoms with E-state index in [0.29, 0.717) is 0 Å². The minimum Gasteiger partial charge on any atom is -0.348 e. The molecular formula is C12H23NO. The van der Waals surface area contributed by atoms with Crippen molar-refractivity contribution in [3.05, 3.63) is 12.7 Å². The molecule has 0 aromatic heterocycles. The molecule has 0 aromatic rings. The van der Waals surface area contributed by atoms with Gasteiger partial charge in [-0.25, -0.2) is 0 Å². The van der Waals surface area contributed by atoms with E-state index in [1.165, 1.54) is 0 Å². The van der Waals surface area contributed by atoms with Crippen molar-refractivity contribution in [1.82, 2.24) is 4.90 Å². The molecule has 0 heterocycles. The second kappa shape index (κ2) is 4.16. The van der Waals surface area contributed by atoms with Gasteiger partial charge in [-0.2, -0.15) is 0 Å². The van der Waals surface area contributed by atoms with Crippen LogP contribution in [0.25, 0.3) is 0 Å². The Morgan fingerprint density at radius 2 is 1.71 bits per heavy atom. The average Bonchev–Trinajstić information content (AvgIpc) is 2.01. The van der Waals surface area contributed by atoms with Gasteiger partial charge in [-0.05, 0) is 11.8 Å². The highest BCUT2D eigenvalue weighted by Gasteiger charge is 2.34. The lowest BCUT2D eigenvalue weighted by Crippen LogP contribution is -2.38.